The second-order valence-corrected chi connectivity index (χ2v) is 7.56. The first-order valence-corrected chi connectivity index (χ1v) is 9.50. The molecule has 0 bridgehead atoms. The standard InChI is InChI=1S/C21H19N3O2S/c1-13-9-10-18-19(15(13)3)22-21(27-18)24(12-16-7-5-4-6-8-16)20(25)17-11-14(2)26-23-17/h4-11H,12H2,1-3H3. The first-order valence-electron chi connectivity index (χ1n) is 8.69. The monoisotopic (exact) mass is 377 g/mol. The van der Waals surface area contributed by atoms with Gasteiger partial charge in [0.15, 0.2) is 10.8 Å². The Morgan fingerprint density at radius 3 is 2.59 bits per heavy atom. The zero-order valence-electron chi connectivity index (χ0n) is 15.4. The SMILES string of the molecule is Cc1cc(C(=O)N(Cc2ccccc2)c2nc3c(C)c(C)ccc3s2)no1. The molecule has 4 aromatic rings. The summed E-state index contributed by atoms with van der Waals surface area (Å²) in [4.78, 5) is 19.6. The molecule has 0 aliphatic heterocycles. The summed E-state index contributed by atoms with van der Waals surface area (Å²) in [7, 11) is 0. The molecule has 2 aromatic heterocycles. The van der Waals surface area contributed by atoms with Crippen LogP contribution in [0, 0.1) is 20.8 Å². The lowest BCUT2D eigenvalue weighted by molar-refractivity contribution is 0.0976. The fourth-order valence-electron chi connectivity index (χ4n) is 2.93. The van der Waals surface area contributed by atoms with Gasteiger partial charge in [0.25, 0.3) is 5.91 Å². The van der Waals surface area contributed by atoms with Crippen molar-refractivity contribution in [2.75, 3.05) is 4.90 Å². The molecule has 0 fully saturated rings. The van der Waals surface area contributed by atoms with Gasteiger partial charge < -0.3 is 4.52 Å². The van der Waals surface area contributed by atoms with Crippen molar-refractivity contribution in [1.82, 2.24) is 10.1 Å². The van der Waals surface area contributed by atoms with Gasteiger partial charge in [-0.05, 0) is 43.5 Å². The van der Waals surface area contributed by atoms with Crippen LogP contribution >= 0.6 is 11.3 Å². The van der Waals surface area contributed by atoms with E-state index in [1.165, 1.54) is 16.9 Å². The number of hydrogen-bond acceptors (Lipinski definition) is 5. The average molecular weight is 377 g/mol. The van der Waals surface area contributed by atoms with E-state index in [1.807, 2.05) is 30.3 Å². The first kappa shape index (κ1) is 17.4. The van der Waals surface area contributed by atoms with Crippen LogP contribution in [0.4, 0.5) is 5.13 Å². The van der Waals surface area contributed by atoms with Crippen molar-refractivity contribution in [2.45, 2.75) is 27.3 Å². The van der Waals surface area contributed by atoms with Gasteiger partial charge in [-0.25, -0.2) is 4.98 Å². The average Bonchev–Trinajstić information content (AvgIpc) is 3.30. The van der Waals surface area contributed by atoms with Gasteiger partial charge >= 0.3 is 0 Å². The molecule has 136 valence electrons. The molecule has 0 atom stereocenters. The first-order chi connectivity index (χ1) is 13.0. The van der Waals surface area contributed by atoms with E-state index in [2.05, 4.69) is 31.1 Å². The molecule has 27 heavy (non-hydrogen) atoms. The van der Waals surface area contributed by atoms with E-state index >= 15 is 0 Å². The lowest BCUT2D eigenvalue weighted by Gasteiger charge is -2.18. The fraction of sp³-hybridized carbons (Fsp3) is 0.190. The molecule has 0 saturated carbocycles. The predicted molar refractivity (Wildman–Crippen MR) is 107 cm³/mol. The summed E-state index contributed by atoms with van der Waals surface area (Å²) >= 11 is 1.51. The van der Waals surface area contributed by atoms with Gasteiger partial charge in [-0.15, -0.1) is 0 Å². The van der Waals surface area contributed by atoms with Crippen LogP contribution in [0.5, 0.6) is 0 Å². The molecule has 2 aromatic carbocycles. The molecule has 0 radical (unpaired) electrons. The number of thiazole rings is 1. The molecule has 6 heteroatoms. The maximum absolute atomic E-state index is 13.2. The lowest BCUT2D eigenvalue weighted by atomic mass is 10.1. The number of hydrogen-bond donors (Lipinski definition) is 0. The number of aromatic nitrogens is 2. The highest BCUT2D eigenvalue weighted by atomic mass is 32.1. The quantitative estimate of drug-likeness (QED) is 0.499. The van der Waals surface area contributed by atoms with Crippen molar-refractivity contribution >= 4 is 32.6 Å². The number of carbonyl (C=O) groups excluding carboxylic acids is 1. The van der Waals surface area contributed by atoms with E-state index in [4.69, 9.17) is 9.51 Å². The zero-order valence-corrected chi connectivity index (χ0v) is 16.2. The summed E-state index contributed by atoms with van der Waals surface area (Å²) in [6.07, 6.45) is 0. The van der Waals surface area contributed by atoms with Crippen LogP contribution in [-0.2, 0) is 6.54 Å². The summed E-state index contributed by atoms with van der Waals surface area (Å²) in [5.74, 6) is 0.387. The molecule has 0 aliphatic rings. The lowest BCUT2D eigenvalue weighted by Crippen LogP contribution is -2.30. The number of aryl methyl sites for hydroxylation is 3. The Kier molecular flexibility index (Phi) is 4.49. The third kappa shape index (κ3) is 3.36. The number of rotatable bonds is 4. The number of nitrogens with zero attached hydrogens (tertiary/aromatic N) is 3. The Morgan fingerprint density at radius 2 is 1.89 bits per heavy atom. The van der Waals surface area contributed by atoms with Gasteiger partial charge in [0, 0.05) is 6.07 Å². The van der Waals surface area contributed by atoms with Crippen LogP contribution < -0.4 is 4.90 Å². The van der Waals surface area contributed by atoms with E-state index in [9.17, 15) is 4.79 Å². The highest BCUT2D eigenvalue weighted by molar-refractivity contribution is 7.22. The van der Waals surface area contributed by atoms with Crippen molar-refractivity contribution in [1.29, 1.82) is 0 Å². The summed E-state index contributed by atoms with van der Waals surface area (Å²) in [6.45, 7) is 6.32. The molecule has 0 saturated heterocycles. The molecule has 0 spiro atoms. The van der Waals surface area contributed by atoms with Gasteiger partial charge in [0.05, 0.1) is 16.8 Å². The Bertz CT molecular complexity index is 1120. The minimum Gasteiger partial charge on any atom is -0.361 e. The van der Waals surface area contributed by atoms with Gasteiger partial charge in [0.2, 0.25) is 0 Å². The summed E-state index contributed by atoms with van der Waals surface area (Å²) in [5.41, 5.74) is 4.58. The smallest absolute Gasteiger partial charge is 0.282 e. The number of benzene rings is 2. The summed E-state index contributed by atoms with van der Waals surface area (Å²) in [6, 6.07) is 15.7. The zero-order chi connectivity index (χ0) is 19.0. The van der Waals surface area contributed by atoms with Crippen LogP contribution in [0.25, 0.3) is 10.2 Å². The number of anilines is 1. The molecule has 0 unspecified atom stereocenters. The Morgan fingerprint density at radius 1 is 1.11 bits per heavy atom. The second kappa shape index (κ2) is 6.96. The van der Waals surface area contributed by atoms with Crippen LogP contribution in [0.2, 0.25) is 0 Å². The minimum absolute atomic E-state index is 0.218. The van der Waals surface area contributed by atoms with Crippen LogP contribution in [0.3, 0.4) is 0 Å². The minimum atomic E-state index is -0.218. The van der Waals surface area contributed by atoms with Gasteiger partial charge in [-0.1, -0.05) is 52.9 Å². The Labute approximate surface area is 161 Å². The Hall–Kier alpha value is -2.99. The molecule has 0 N–H and O–H groups in total. The van der Waals surface area contributed by atoms with Gasteiger partial charge in [-0.2, -0.15) is 0 Å². The summed E-state index contributed by atoms with van der Waals surface area (Å²) < 4.78 is 6.17. The fourth-order valence-corrected chi connectivity index (χ4v) is 3.95. The Balaban J connectivity index is 1.79. The molecule has 5 nitrogen and oxygen atoms in total. The highest BCUT2D eigenvalue weighted by Gasteiger charge is 2.24. The van der Waals surface area contributed by atoms with E-state index in [0.717, 1.165) is 21.3 Å². The number of carbonyl (C=O) groups is 1. The van der Waals surface area contributed by atoms with E-state index in [0.29, 0.717) is 17.4 Å². The van der Waals surface area contributed by atoms with Gasteiger partial charge in [-0.3, -0.25) is 9.69 Å². The topological polar surface area (TPSA) is 59.2 Å². The van der Waals surface area contributed by atoms with Crippen molar-refractivity contribution in [3.63, 3.8) is 0 Å². The normalized spacial score (nSPS) is 11.1. The van der Waals surface area contributed by atoms with Crippen LogP contribution in [0.1, 0.15) is 32.9 Å². The van der Waals surface area contributed by atoms with Crippen LogP contribution in [0.15, 0.2) is 53.1 Å². The predicted octanol–water partition coefficient (Wildman–Crippen LogP) is 5.06. The molecular weight excluding hydrogens is 358 g/mol. The van der Waals surface area contributed by atoms with E-state index in [-0.39, 0.29) is 11.6 Å². The van der Waals surface area contributed by atoms with E-state index < -0.39 is 0 Å². The van der Waals surface area contributed by atoms with Crippen LogP contribution in [-0.4, -0.2) is 16.0 Å². The van der Waals surface area contributed by atoms with Crippen molar-refractivity contribution in [3.05, 3.63) is 76.7 Å². The van der Waals surface area contributed by atoms with Crippen molar-refractivity contribution < 1.29 is 9.32 Å². The van der Waals surface area contributed by atoms with E-state index in [1.54, 1.807) is 17.9 Å². The maximum atomic E-state index is 13.2. The largest absolute Gasteiger partial charge is 0.361 e. The summed E-state index contributed by atoms with van der Waals surface area (Å²) in [5, 5.41) is 4.56. The number of amides is 1. The second-order valence-electron chi connectivity index (χ2n) is 6.55. The third-order valence-corrected chi connectivity index (χ3v) is 5.62. The molecular formula is C21H19N3O2S. The van der Waals surface area contributed by atoms with Gasteiger partial charge in [0.1, 0.15) is 5.76 Å². The molecule has 0 aliphatic carbocycles. The number of fused-ring (bicyclic) bond motifs is 1. The molecule has 2 heterocycles. The third-order valence-electron chi connectivity index (χ3n) is 4.58. The highest BCUT2D eigenvalue weighted by Crippen LogP contribution is 2.33. The maximum Gasteiger partial charge on any atom is 0.282 e. The van der Waals surface area contributed by atoms with Crippen molar-refractivity contribution in [3.8, 4) is 0 Å². The van der Waals surface area contributed by atoms with Crippen molar-refractivity contribution in [2.24, 2.45) is 0 Å². The molecule has 1 amide bonds. The molecule has 4 rings (SSSR count).